The summed E-state index contributed by atoms with van der Waals surface area (Å²) in [5, 5.41) is 31.4. The van der Waals surface area contributed by atoms with Crippen molar-refractivity contribution in [2.24, 2.45) is 10.2 Å². The fourth-order valence-corrected chi connectivity index (χ4v) is 2.67. The molecule has 3 aromatic rings. The lowest BCUT2D eigenvalue weighted by atomic mass is 10.1. The average molecular weight is 343 g/mol. The molecule has 0 amide bonds. The molecule has 122 valence electrons. The highest BCUT2D eigenvalue weighted by molar-refractivity contribution is 7.94. The zero-order valence-corrected chi connectivity index (χ0v) is 13.1. The average Bonchev–Trinajstić information content (AvgIpc) is 2.60. The summed E-state index contributed by atoms with van der Waals surface area (Å²) in [4.78, 5) is 0.534. The Hall–Kier alpha value is -2.65. The van der Waals surface area contributed by atoms with Crippen LogP contribution in [0, 0.1) is 0 Å². The van der Waals surface area contributed by atoms with Crippen LogP contribution in [0.15, 0.2) is 69.7 Å². The number of nitrogens with zero attached hydrogens (tertiary/aromatic N) is 2. The van der Waals surface area contributed by atoms with E-state index in [2.05, 4.69) is 19.6 Å². The maximum Gasteiger partial charge on any atom is 0.126 e. The highest BCUT2D eigenvalue weighted by atomic mass is 32.2. The zero-order chi connectivity index (χ0) is 16.9. The van der Waals surface area contributed by atoms with Crippen LogP contribution in [-0.4, -0.2) is 10.4 Å². The van der Waals surface area contributed by atoms with Crippen molar-refractivity contribution in [1.29, 1.82) is 0 Å². The lowest BCUT2D eigenvalue weighted by molar-refractivity contribution is -0.432. The molecule has 0 fully saturated rings. The molecule has 0 saturated heterocycles. The van der Waals surface area contributed by atoms with Crippen molar-refractivity contribution in [3.05, 3.63) is 54.6 Å². The topological polar surface area (TPSA) is 110 Å². The highest BCUT2D eigenvalue weighted by Crippen LogP contribution is 2.39. The number of nitrogens with two attached hydrogens (primary N) is 1. The lowest BCUT2D eigenvalue weighted by Crippen LogP contribution is -1.89. The molecule has 0 spiro atoms. The maximum absolute atomic E-state index is 10.2. The van der Waals surface area contributed by atoms with E-state index in [1.807, 2.05) is 30.3 Å². The predicted octanol–water partition coefficient (Wildman–Crippen LogP) is 4.97. The number of rotatable bonds is 5. The number of benzene rings is 3. The number of aromatic hydroxyl groups is 1. The van der Waals surface area contributed by atoms with Crippen molar-refractivity contribution in [2.45, 2.75) is 4.90 Å². The fraction of sp³-hybridized carbons (Fsp3) is 0. The third kappa shape index (κ3) is 3.47. The molecule has 3 rings (SSSR count). The number of hydrogen-bond acceptors (Lipinski definition) is 8. The number of azo groups is 1. The Bertz CT molecular complexity index is 887. The fourth-order valence-electron chi connectivity index (χ4n) is 2.23. The van der Waals surface area contributed by atoms with Crippen LogP contribution in [-0.2, 0) is 9.37 Å². The molecule has 0 aliphatic rings. The predicted molar refractivity (Wildman–Crippen MR) is 91.3 cm³/mol. The maximum atomic E-state index is 10.2. The second kappa shape index (κ2) is 7.28. The summed E-state index contributed by atoms with van der Waals surface area (Å²) >= 11 is 0.752. The quantitative estimate of drug-likeness (QED) is 0.198. The van der Waals surface area contributed by atoms with E-state index in [9.17, 15) is 5.11 Å². The second-order valence-electron chi connectivity index (χ2n) is 4.80. The minimum Gasteiger partial charge on any atom is -0.507 e. The Morgan fingerprint density at radius 2 is 1.79 bits per heavy atom. The Morgan fingerprint density at radius 3 is 2.54 bits per heavy atom. The first-order valence-corrected chi connectivity index (χ1v) is 7.60. The summed E-state index contributed by atoms with van der Waals surface area (Å²) in [5.74, 6) is -0.0363. The molecular formula is C16H13N3O4S. The summed E-state index contributed by atoms with van der Waals surface area (Å²) < 4.78 is 4.36. The number of phenolic OH excluding ortho intramolecular Hbond substituents is 1. The lowest BCUT2D eigenvalue weighted by Gasteiger charge is -2.08. The van der Waals surface area contributed by atoms with Crippen molar-refractivity contribution >= 4 is 39.9 Å². The number of phenols is 1. The molecule has 3 aromatic carbocycles. The molecule has 7 nitrogen and oxygen atoms in total. The van der Waals surface area contributed by atoms with Crippen molar-refractivity contribution in [3.63, 3.8) is 0 Å². The molecule has 0 aliphatic carbocycles. The van der Waals surface area contributed by atoms with Gasteiger partial charge in [-0.1, -0.05) is 29.3 Å². The molecule has 0 unspecified atom stereocenters. The summed E-state index contributed by atoms with van der Waals surface area (Å²) in [6, 6.07) is 15.9. The van der Waals surface area contributed by atoms with Gasteiger partial charge in [0.25, 0.3) is 0 Å². The smallest absolute Gasteiger partial charge is 0.126 e. The zero-order valence-electron chi connectivity index (χ0n) is 12.3. The first kappa shape index (κ1) is 16.2. The molecule has 4 N–H and O–H groups in total. The van der Waals surface area contributed by atoms with Crippen LogP contribution in [0.25, 0.3) is 10.8 Å². The van der Waals surface area contributed by atoms with Crippen molar-refractivity contribution < 1.29 is 19.7 Å². The number of nitrogen functional groups attached to an aromatic ring is 1. The minimum atomic E-state index is -0.0363. The van der Waals surface area contributed by atoms with Crippen LogP contribution >= 0.6 is 12.0 Å². The van der Waals surface area contributed by atoms with E-state index >= 15 is 0 Å². The number of fused-ring (bicyclic) bond motifs is 1. The van der Waals surface area contributed by atoms with Gasteiger partial charge in [-0.05, 0) is 35.7 Å². The van der Waals surface area contributed by atoms with Gasteiger partial charge < -0.3 is 10.8 Å². The molecule has 0 saturated carbocycles. The molecule has 24 heavy (non-hydrogen) atoms. The highest BCUT2D eigenvalue weighted by Gasteiger charge is 2.11. The summed E-state index contributed by atoms with van der Waals surface area (Å²) in [7, 11) is 0. The standard InChI is InChI=1S/C16H13N3O4S/c17-16-13(19-18-11-4-2-1-3-5-11)7-6-10-8-12(24-23-22-21)9-14(20)15(10)16/h1-9,20-21H,17H2. The minimum absolute atomic E-state index is 0.0363. The van der Waals surface area contributed by atoms with E-state index in [0.717, 1.165) is 12.0 Å². The Morgan fingerprint density at radius 1 is 1.00 bits per heavy atom. The third-order valence-electron chi connectivity index (χ3n) is 3.28. The van der Waals surface area contributed by atoms with Crippen molar-refractivity contribution in [3.8, 4) is 5.75 Å². The van der Waals surface area contributed by atoms with Gasteiger partial charge in [0.1, 0.15) is 11.4 Å². The Labute approximate surface area is 141 Å². The molecule has 8 heteroatoms. The van der Waals surface area contributed by atoms with Gasteiger partial charge in [-0.15, -0.1) is 9.45 Å². The summed E-state index contributed by atoms with van der Waals surface area (Å²) in [6.07, 6.45) is 0. The van der Waals surface area contributed by atoms with Crippen LogP contribution in [0.5, 0.6) is 5.75 Å². The van der Waals surface area contributed by atoms with Crippen molar-refractivity contribution in [2.75, 3.05) is 5.73 Å². The van der Waals surface area contributed by atoms with Gasteiger partial charge in [-0.25, -0.2) is 5.26 Å². The van der Waals surface area contributed by atoms with Crippen LogP contribution in [0.1, 0.15) is 0 Å². The summed E-state index contributed by atoms with van der Waals surface area (Å²) in [6.45, 7) is 0. The van der Waals surface area contributed by atoms with Crippen LogP contribution in [0.3, 0.4) is 0 Å². The van der Waals surface area contributed by atoms with Crippen LogP contribution < -0.4 is 5.73 Å². The molecule has 0 atom stereocenters. The van der Waals surface area contributed by atoms with Gasteiger partial charge in [0.05, 0.1) is 23.4 Å². The third-order valence-corrected chi connectivity index (χ3v) is 3.83. The number of hydrogen-bond donors (Lipinski definition) is 3. The Balaban J connectivity index is 1.98. The van der Waals surface area contributed by atoms with E-state index in [1.165, 1.54) is 6.07 Å². The first-order valence-electron chi connectivity index (χ1n) is 6.86. The van der Waals surface area contributed by atoms with Crippen LogP contribution in [0.2, 0.25) is 0 Å². The monoisotopic (exact) mass is 343 g/mol. The van der Waals surface area contributed by atoms with E-state index in [1.54, 1.807) is 18.2 Å². The normalized spacial score (nSPS) is 11.4. The molecule has 0 heterocycles. The van der Waals surface area contributed by atoms with Crippen LogP contribution in [0.4, 0.5) is 17.1 Å². The Kier molecular flexibility index (Phi) is 4.92. The van der Waals surface area contributed by atoms with Gasteiger partial charge in [0.15, 0.2) is 0 Å². The van der Waals surface area contributed by atoms with E-state index in [4.69, 9.17) is 11.0 Å². The van der Waals surface area contributed by atoms with E-state index in [-0.39, 0.29) is 5.75 Å². The SMILES string of the molecule is Nc1c(N=Nc2ccccc2)ccc2cc(SOOO)cc(O)c12. The van der Waals surface area contributed by atoms with Gasteiger partial charge >= 0.3 is 0 Å². The van der Waals surface area contributed by atoms with E-state index in [0.29, 0.717) is 32.7 Å². The number of anilines is 1. The van der Waals surface area contributed by atoms with Gasteiger partial charge in [-0.3, -0.25) is 0 Å². The summed E-state index contributed by atoms with van der Waals surface area (Å²) in [5.41, 5.74) is 7.60. The van der Waals surface area contributed by atoms with Gasteiger partial charge in [0.2, 0.25) is 0 Å². The first-order chi connectivity index (χ1) is 11.7. The van der Waals surface area contributed by atoms with Crippen molar-refractivity contribution in [1.82, 2.24) is 0 Å². The van der Waals surface area contributed by atoms with E-state index < -0.39 is 0 Å². The second-order valence-corrected chi connectivity index (χ2v) is 5.57. The molecular weight excluding hydrogens is 330 g/mol. The molecule has 0 bridgehead atoms. The molecule has 0 radical (unpaired) electrons. The molecule has 0 aliphatic heterocycles. The molecule has 0 aromatic heterocycles. The van der Waals surface area contributed by atoms with Gasteiger partial charge in [-0.2, -0.15) is 5.11 Å². The van der Waals surface area contributed by atoms with Gasteiger partial charge in [0, 0.05) is 10.3 Å². The largest absolute Gasteiger partial charge is 0.507 e.